The molecule has 0 aliphatic carbocycles. The Hall–Kier alpha value is -2.07. The van der Waals surface area contributed by atoms with Gasteiger partial charge in [-0.3, -0.25) is 15.2 Å². The van der Waals surface area contributed by atoms with Crippen LogP contribution in [0.4, 0.5) is 15.8 Å². The van der Waals surface area contributed by atoms with Crippen molar-refractivity contribution in [2.45, 2.75) is 25.9 Å². The third kappa shape index (κ3) is 6.20. The lowest BCUT2D eigenvalue weighted by molar-refractivity contribution is 0.321. The van der Waals surface area contributed by atoms with Crippen molar-refractivity contribution >= 4 is 21.4 Å². The van der Waals surface area contributed by atoms with E-state index in [1.54, 1.807) is 6.20 Å². The van der Waals surface area contributed by atoms with E-state index in [0.717, 1.165) is 36.5 Å². The first kappa shape index (κ1) is 21.6. The second-order valence-corrected chi connectivity index (χ2v) is 9.81. The average Bonchev–Trinajstić information content (AvgIpc) is 3.09. The highest BCUT2D eigenvalue weighted by Gasteiger charge is 2.24. The van der Waals surface area contributed by atoms with Gasteiger partial charge in [0.1, 0.15) is 11.7 Å². The Bertz CT molecular complexity index is 934. The molecule has 0 saturated carbocycles. The maximum atomic E-state index is 14.1. The summed E-state index contributed by atoms with van der Waals surface area (Å²) in [6, 6.07) is 8.84. The zero-order valence-corrected chi connectivity index (χ0v) is 17.8. The third-order valence-electron chi connectivity index (χ3n) is 4.95. The minimum atomic E-state index is -3.27. The van der Waals surface area contributed by atoms with Crippen LogP contribution in [0.5, 0.6) is 0 Å². The van der Waals surface area contributed by atoms with Crippen LogP contribution in [0, 0.1) is 12.7 Å². The van der Waals surface area contributed by atoms with E-state index >= 15 is 0 Å². The molecule has 1 aromatic heterocycles. The zero-order chi connectivity index (χ0) is 21.0. The van der Waals surface area contributed by atoms with Crippen LogP contribution in [0.1, 0.15) is 17.7 Å². The van der Waals surface area contributed by atoms with E-state index in [2.05, 4.69) is 20.5 Å². The van der Waals surface area contributed by atoms with Crippen molar-refractivity contribution in [3.63, 3.8) is 0 Å². The highest BCUT2D eigenvalue weighted by Crippen LogP contribution is 2.21. The maximum absolute atomic E-state index is 14.1. The third-order valence-corrected chi connectivity index (χ3v) is 6.59. The molecule has 1 saturated heterocycles. The summed E-state index contributed by atoms with van der Waals surface area (Å²) in [5.41, 5.74) is 3.27. The van der Waals surface area contributed by atoms with Crippen molar-refractivity contribution in [2.75, 3.05) is 38.4 Å². The number of nitrogens with one attached hydrogen (secondary N) is 2. The van der Waals surface area contributed by atoms with Crippen molar-refractivity contribution in [3.05, 3.63) is 53.6 Å². The molecule has 158 valence electrons. The number of pyridine rings is 1. The molecular weight excluding hydrogens is 393 g/mol. The van der Waals surface area contributed by atoms with E-state index in [1.807, 2.05) is 25.1 Å². The lowest BCUT2D eigenvalue weighted by Gasteiger charge is -2.18. The van der Waals surface area contributed by atoms with Crippen molar-refractivity contribution in [1.82, 2.24) is 19.5 Å². The van der Waals surface area contributed by atoms with Gasteiger partial charge < -0.3 is 5.32 Å². The Morgan fingerprint density at radius 1 is 1.24 bits per heavy atom. The van der Waals surface area contributed by atoms with Gasteiger partial charge in [-0.05, 0) is 49.2 Å². The molecule has 1 aliphatic heterocycles. The lowest BCUT2D eigenvalue weighted by atomic mass is 10.1. The lowest BCUT2D eigenvalue weighted by Crippen LogP contribution is -2.39. The van der Waals surface area contributed by atoms with Crippen LogP contribution in [0.3, 0.4) is 0 Å². The molecule has 3 rings (SSSR count). The van der Waals surface area contributed by atoms with E-state index in [9.17, 15) is 12.8 Å². The quantitative estimate of drug-likeness (QED) is 0.681. The van der Waals surface area contributed by atoms with Crippen molar-refractivity contribution in [3.8, 4) is 0 Å². The summed E-state index contributed by atoms with van der Waals surface area (Å²) in [5, 5.41) is 6.30. The fourth-order valence-corrected chi connectivity index (χ4v) is 3.98. The van der Waals surface area contributed by atoms with E-state index < -0.39 is 10.0 Å². The van der Waals surface area contributed by atoms with Crippen molar-refractivity contribution in [2.24, 2.45) is 0 Å². The maximum Gasteiger partial charge on any atom is 0.226 e. The van der Waals surface area contributed by atoms with E-state index in [0.29, 0.717) is 12.2 Å². The van der Waals surface area contributed by atoms with Crippen molar-refractivity contribution in [1.29, 1.82) is 0 Å². The molecular formula is C20H28FN5O2S. The summed E-state index contributed by atoms with van der Waals surface area (Å²) in [6.07, 6.45) is 2.58. The molecule has 0 amide bonds. The van der Waals surface area contributed by atoms with Crippen LogP contribution >= 0.6 is 0 Å². The van der Waals surface area contributed by atoms with Crippen LogP contribution in [0.2, 0.25) is 0 Å². The van der Waals surface area contributed by atoms with E-state index in [4.69, 9.17) is 0 Å². The first-order valence-electron chi connectivity index (χ1n) is 9.56. The smallest absolute Gasteiger partial charge is 0.226 e. The van der Waals surface area contributed by atoms with Crippen LogP contribution < -0.4 is 10.6 Å². The van der Waals surface area contributed by atoms with Gasteiger partial charge in [0.2, 0.25) is 10.0 Å². The van der Waals surface area contributed by atoms with Gasteiger partial charge in [-0.15, -0.1) is 0 Å². The minimum Gasteiger partial charge on any atom is -0.354 e. The molecule has 0 bridgehead atoms. The topological polar surface area (TPSA) is 77.6 Å². The first-order valence-corrected chi connectivity index (χ1v) is 11.2. The first-order chi connectivity index (χ1) is 13.7. The number of sulfonamides is 1. The largest absolute Gasteiger partial charge is 0.354 e. The van der Waals surface area contributed by atoms with Gasteiger partial charge in [0, 0.05) is 51.2 Å². The Labute approximate surface area is 172 Å². The molecule has 29 heavy (non-hydrogen) atoms. The second kappa shape index (κ2) is 9.17. The Morgan fingerprint density at radius 2 is 2.03 bits per heavy atom. The van der Waals surface area contributed by atoms with Gasteiger partial charge in [-0.1, -0.05) is 0 Å². The molecule has 1 aliphatic rings. The van der Waals surface area contributed by atoms with E-state index in [-0.39, 0.29) is 17.7 Å². The highest BCUT2D eigenvalue weighted by atomic mass is 32.2. The molecule has 1 aromatic carbocycles. The van der Waals surface area contributed by atoms with Gasteiger partial charge in [0.25, 0.3) is 0 Å². The minimum absolute atomic E-state index is 0.0723. The van der Waals surface area contributed by atoms with Gasteiger partial charge >= 0.3 is 0 Å². The summed E-state index contributed by atoms with van der Waals surface area (Å²) in [4.78, 5) is 6.44. The molecule has 9 heteroatoms. The van der Waals surface area contributed by atoms with E-state index in [1.165, 1.54) is 30.5 Å². The molecule has 0 radical (unpaired) electrons. The van der Waals surface area contributed by atoms with Gasteiger partial charge in [0.15, 0.2) is 0 Å². The van der Waals surface area contributed by atoms with Gasteiger partial charge in [-0.25, -0.2) is 17.1 Å². The molecule has 2 aromatic rings. The fraction of sp³-hybridized carbons (Fsp3) is 0.450. The number of nitrogens with zero attached hydrogens (tertiary/aromatic N) is 3. The average molecular weight is 422 g/mol. The normalized spacial score (nSPS) is 17.8. The number of rotatable bonds is 8. The number of hydrogen-bond acceptors (Lipinski definition) is 6. The zero-order valence-electron chi connectivity index (χ0n) is 17.0. The second-order valence-electron chi connectivity index (χ2n) is 7.62. The molecule has 2 N–H and O–H groups in total. The predicted molar refractivity (Wildman–Crippen MR) is 113 cm³/mol. The van der Waals surface area contributed by atoms with Crippen LogP contribution in [-0.2, 0) is 16.6 Å². The van der Waals surface area contributed by atoms with Crippen LogP contribution in [0.25, 0.3) is 0 Å². The Balaban J connectivity index is 1.58. The number of hydrogen-bond donors (Lipinski definition) is 2. The summed E-state index contributed by atoms with van der Waals surface area (Å²) >= 11 is 0. The summed E-state index contributed by atoms with van der Waals surface area (Å²) < 4.78 is 39.1. The van der Waals surface area contributed by atoms with Crippen LogP contribution in [0.15, 0.2) is 36.5 Å². The Kier molecular flexibility index (Phi) is 6.84. The number of anilines is 2. The van der Waals surface area contributed by atoms with Crippen molar-refractivity contribution < 1.29 is 12.8 Å². The molecule has 7 nitrogen and oxygen atoms in total. The summed E-state index contributed by atoms with van der Waals surface area (Å²) in [6.45, 7) is 4.08. The molecule has 1 fully saturated rings. The molecule has 0 unspecified atom stereocenters. The van der Waals surface area contributed by atoms with Crippen LogP contribution in [-0.4, -0.2) is 61.7 Å². The monoisotopic (exact) mass is 421 g/mol. The fourth-order valence-electron chi connectivity index (χ4n) is 3.28. The number of aromatic nitrogens is 1. The molecule has 0 spiro atoms. The number of likely N-dealkylation sites (tertiary alicyclic amines) is 1. The SMILES string of the molecule is Cc1ccc(Nc2cc(F)cc(CN3CC[C@H](NCS(=O)(=O)N(C)C)C3)c2)cn1. The summed E-state index contributed by atoms with van der Waals surface area (Å²) in [5.74, 6) is -0.368. The number of aryl methyl sites for hydroxylation is 1. The van der Waals surface area contributed by atoms with Gasteiger partial charge in [-0.2, -0.15) is 0 Å². The van der Waals surface area contributed by atoms with Gasteiger partial charge in [0.05, 0.1) is 11.9 Å². The molecule has 1 atom stereocenters. The highest BCUT2D eigenvalue weighted by molar-refractivity contribution is 7.89. The standard InChI is InChI=1S/C20H28FN5O2S/c1-15-4-5-18(11-22-15)24-20-9-16(8-17(21)10-20)12-26-7-6-19(13-26)23-14-29(27,28)25(2)3/h4-5,8-11,19,23-24H,6-7,12-14H2,1-3H3/t19-/m0/s1. The predicted octanol–water partition coefficient (Wildman–Crippen LogP) is 2.29. The number of benzene rings is 1. The molecule has 2 heterocycles. The Morgan fingerprint density at radius 3 is 2.72 bits per heavy atom. The number of halogens is 1. The summed E-state index contributed by atoms with van der Waals surface area (Å²) in [7, 11) is -0.209.